The van der Waals surface area contributed by atoms with Crippen molar-refractivity contribution in [3.63, 3.8) is 0 Å². The second-order valence-electron chi connectivity index (χ2n) is 16.9. The number of amides is 2. The Morgan fingerprint density at radius 1 is 0.541 bits per heavy atom. The molecule has 2 aliphatic rings. The molecular weight excluding hydrogens is 1040 g/mol. The van der Waals surface area contributed by atoms with E-state index in [4.69, 9.17) is 61.6 Å². The van der Waals surface area contributed by atoms with E-state index in [2.05, 4.69) is 31.0 Å². The highest BCUT2D eigenvalue weighted by Gasteiger charge is 2.36. The molecule has 2 N–H and O–H groups in total. The number of ether oxygens (including phenoxy) is 6. The van der Waals surface area contributed by atoms with Crippen LogP contribution in [0.2, 0.25) is 10.0 Å². The number of benzene rings is 2. The molecule has 0 spiro atoms. The smallest absolute Gasteiger partial charge is 0.308 e. The van der Waals surface area contributed by atoms with Crippen LogP contribution in [0.1, 0.15) is 101 Å². The van der Waals surface area contributed by atoms with E-state index in [1.807, 2.05) is 61.1 Å². The van der Waals surface area contributed by atoms with Crippen LogP contribution in [0.15, 0.2) is 58.5 Å². The Labute approximate surface area is 444 Å². The monoisotopic (exact) mass is 1090 g/mol. The lowest BCUT2D eigenvalue weighted by molar-refractivity contribution is -0.142. The molecule has 2 atom stereocenters. The summed E-state index contributed by atoms with van der Waals surface area (Å²) in [6, 6.07) is 13.1. The van der Waals surface area contributed by atoms with E-state index >= 15 is 0 Å². The first-order valence-corrected chi connectivity index (χ1v) is 26.0. The highest BCUT2D eigenvalue weighted by molar-refractivity contribution is 7.17. The van der Waals surface area contributed by atoms with Crippen molar-refractivity contribution in [1.82, 2.24) is 40.2 Å². The summed E-state index contributed by atoms with van der Waals surface area (Å²) < 4.78 is 36.4. The second-order valence-corrected chi connectivity index (χ2v) is 19.7. The summed E-state index contributed by atoms with van der Waals surface area (Å²) in [5, 5.41) is 25.9. The predicted molar refractivity (Wildman–Crippen MR) is 278 cm³/mol. The summed E-state index contributed by atoms with van der Waals surface area (Å²) in [6.07, 6.45) is -0.0854. The van der Waals surface area contributed by atoms with E-state index in [0.29, 0.717) is 94.2 Å². The number of nitrogens with zero attached hydrogens (tertiary/aromatic N) is 8. The fourth-order valence-electron chi connectivity index (χ4n) is 8.35. The normalized spacial score (nSPS) is 14.6. The lowest BCUT2D eigenvalue weighted by atomic mass is 9.99. The van der Waals surface area contributed by atoms with Gasteiger partial charge in [-0.1, -0.05) is 47.5 Å². The van der Waals surface area contributed by atoms with Crippen molar-refractivity contribution in [1.29, 1.82) is 0 Å². The maximum Gasteiger partial charge on any atom is 0.308 e. The molecule has 4 aromatic heterocycles. The molecule has 0 radical (unpaired) electrons. The van der Waals surface area contributed by atoms with Gasteiger partial charge in [-0.15, -0.1) is 43.1 Å². The quantitative estimate of drug-likeness (QED) is 0.0506. The van der Waals surface area contributed by atoms with E-state index in [1.165, 1.54) is 36.9 Å². The number of aromatic nitrogens is 6. The summed E-state index contributed by atoms with van der Waals surface area (Å²) >= 11 is 15.1. The maximum atomic E-state index is 13.6. The van der Waals surface area contributed by atoms with Crippen molar-refractivity contribution in [3.05, 3.63) is 125 Å². The molecule has 6 heterocycles. The molecule has 390 valence electrons. The molecule has 20 nitrogen and oxygen atoms in total. The highest BCUT2D eigenvalue weighted by Crippen LogP contribution is 2.42. The molecule has 0 saturated carbocycles. The minimum Gasteiger partial charge on any atom is -0.469 e. The molecular formula is C50H54Cl2N10O10S2. The number of aryl methyl sites for hydroxylation is 2. The fraction of sp³-hybridized carbons (Fsp3) is 0.400. The fourth-order valence-corrected chi connectivity index (χ4v) is 11.2. The molecule has 0 aliphatic carbocycles. The van der Waals surface area contributed by atoms with Crippen molar-refractivity contribution >= 4 is 81.1 Å². The van der Waals surface area contributed by atoms with Crippen molar-refractivity contribution in [2.24, 2.45) is 9.98 Å². The first kappa shape index (κ1) is 54.0. The Kier molecular flexibility index (Phi) is 18.2. The molecule has 2 amide bonds. The number of thiophene rings is 2. The third-order valence-corrected chi connectivity index (χ3v) is 15.1. The number of nitrogens with one attached hydrogen (secondary N) is 2. The van der Waals surface area contributed by atoms with Gasteiger partial charge in [-0.3, -0.25) is 38.3 Å². The van der Waals surface area contributed by atoms with Gasteiger partial charge in [-0.05, 0) is 63.1 Å². The van der Waals surface area contributed by atoms with E-state index in [1.54, 1.807) is 24.3 Å². The van der Waals surface area contributed by atoms with Crippen LogP contribution in [-0.4, -0.2) is 145 Å². The predicted octanol–water partition coefficient (Wildman–Crippen LogP) is 6.65. The number of esters is 2. The standard InChI is InChI=1S/C50H54Cl2N10O10S2/c1-27-39-41(31-7-11-33(51)12-8-31)55-35(25-37(63)67-5)45-59-57-29(3)61(45)49(39)73-43(27)47(65)53-15-17-69-19-21-71-23-24-72-22-20-70-18-16-54-48(66)44-28(2)40-42(32-9-13-34(52)14-10-32)56-36(26-38(64)68-6)46-60-58-30(4)62(46)50(40)74-44/h7-14,35-36H,15-26H2,1-6H3,(H,53,65)(H,54,66). The van der Waals surface area contributed by atoms with Gasteiger partial charge in [0.2, 0.25) is 0 Å². The number of carbonyl (C=O) groups is 4. The summed E-state index contributed by atoms with van der Waals surface area (Å²) in [7, 11) is 2.66. The number of halogens is 2. The van der Waals surface area contributed by atoms with Gasteiger partial charge in [0.05, 0.1) is 101 Å². The van der Waals surface area contributed by atoms with Crippen LogP contribution in [0.25, 0.3) is 10.0 Å². The average molecular weight is 1090 g/mol. The number of methoxy groups -OCH3 is 2. The first-order chi connectivity index (χ1) is 35.8. The van der Waals surface area contributed by atoms with Crippen LogP contribution in [-0.2, 0) is 38.0 Å². The number of hydrogen-bond donors (Lipinski definition) is 2. The second kappa shape index (κ2) is 24.9. The Balaban J connectivity index is 0.740. The molecule has 8 rings (SSSR count). The van der Waals surface area contributed by atoms with Gasteiger partial charge in [0.1, 0.15) is 33.7 Å². The zero-order chi connectivity index (χ0) is 52.5. The molecule has 2 aliphatic heterocycles. The molecule has 6 aromatic rings. The minimum absolute atomic E-state index is 0.0427. The van der Waals surface area contributed by atoms with Crippen LogP contribution >= 0.6 is 45.9 Å². The lowest BCUT2D eigenvalue weighted by Crippen LogP contribution is -2.27. The zero-order valence-electron chi connectivity index (χ0n) is 41.5. The van der Waals surface area contributed by atoms with Crippen LogP contribution < -0.4 is 10.6 Å². The van der Waals surface area contributed by atoms with Crippen molar-refractivity contribution in [3.8, 4) is 10.0 Å². The van der Waals surface area contributed by atoms with E-state index in [-0.39, 0.29) is 51.0 Å². The topological polar surface area (TPSA) is 234 Å². The average Bonchev–Trinajstić information content (AvgIpc) is 4.13. The molecule has 0 saturated heterocycles. The van der Waals surface area contributed by atoms with Crippen molar-refractivity contribution in [2.75, 3.05) is 80.2 Å². The van der Waals surface area contributed by atoms with Gasteiger partial charge in [0.25, 0.3) is 11.8 Å². The maximum absolute atomic E-state index is 13.6. The lowest BCUT2D eigenvalue weighted by Gasteiger charge is -2.12. The number of aliphatic imine (C=N–C) groups is 2. The van der Waals surface area contributed by atoms with Crippen LogP contribution in [0.4, 0.5) is 0 Å². The Morgan fingerprint density at radius 2 is 0.892 bits per heavy atom. The number of hydrogen-bond acceptors (Lipinski definition) is 18. The summed E-state index contributed by atoms with van der Waals surface area (Å²) in [4.78, 5) is 63.3. The van der Waals surface area contributed by atoms with E-state index < -0.39 is 24.0 Å². The summed E-state index contributed by atoms with van der Waals surface area (Å²) in [5.74, 6) is 0.715. The molecule has 24 heteroatoms. The van der Waals surface area contributed by atoms with Crippen LogP contribution in [0.3, 0.4) is 0 Å². The Morgan fingerprint density at radius 3 is 1.24 bits per heavy atom. The molecule has 2 aromatic carbocycles. The van der Waals surface area contributed by atoms with Crippen LogP contribution in [0.5, 0.6) is 0 Å². The number of rotatable bonds is 23. The molecule has 0 bridgehead atoms. The minimum atomic E-state index is -0.677. The van der Waals surface area contributed by atoms with Gasteiger partial charge in [-0.2, -0.15) is 0 Å². The van der Waals surface area contributed by atoms with E-state index in [9.17, 15) is 19.2 Å². The van der Waals surface area contributed by atoms with E-state index in [0.717, 1.165) is 43.4 Å². The molecule has 74 heavy (non-hydrogen) atoms. The van der Waals surface area contributed by atoms with Crippen molar-refractivity contribution in [2.45, 2.75) is 52.6 Å². The largest absolute Gasteiger partial charge is 0.469 e. The molecule has 0 fully saturated rings. The summed E-state index contributed by atoms with van der Waals surface area (Å²) in [6.45, 7) is 10.5. The van der Waals surface area contributed by atoms with Crippen molar-refractivity contribution < 1.29 is 47.6 Å². The SMILES string of the molecule is COC(=O)CC1N=C(c2ccc(Cl)cc2)c2c(sc(C(=O)NCCOCCOCCOCCOCCNC(=O)c3sc4c(c3C)C(c3ccc(Cl)cc3)=NC(CC(=O)OC)c3nnc(C)n3-4)c2C)-n2c(C)nnc21. The van der Waals surface area contributed by atoms with Gasteiger partial charge in [0, 0.05) is 45.4 Å². The third-order valence-electron chi connectivity index (χ3n) is 12.0. The summed E-state index contributed by atoms with van der Waals surface area (Å²) in [5.41, 5.74) is 5.66. The zero-order valence-corrected chi connectivity index (χ0v) is 44.6. The third kappa shape index (κ3) is 12.1. The Bertz CT molecular complexity index is 2870. The highest BCUT2D eigenvalue weighted by atomic mass is 35.5. The van der Waals surface area contributed by atoms with Crippen LogP contribution in [0, 0.1) is 27.7 Å². The van der Waals surface area contributed by atoms with Gasteiger partial charge in [-0.25, -0.2) is 0 Å². The van der Waals surface area contributed by atoms with Gasteiger partial charge >= 0.3 is 11.9 Å². The first-order valence-electron chi connectivity index (χ1n) is 23.6. The van der Waals surface area contributed by atoms with Gasteiger partial charge in [0.15, 0.2) is 11.6 Å². The number of carbonyl (C=O) groups excluding carboxylic acids is 4. The van der Waals surface area contributed by atoms with Gasteiger partial charge < -0.3 is 39.1 Å². The number of fused-ring (bicyclic) bond motifs is 6. The molecule has 2 unspecified atom stereocenters. The Hall–Kier alpha value is -6.24.